The number of benzene rings is 2. The summed E-state index contributed by atoms with van der Waals surface area (Å²) in [5, 5.41) is 0. The van der Waals surface area contributed by atoms with Crippen molar-refractivity contribution in [3.8, 4) is 5.75 Å². The maximum Gasteiger partial charge on any atom is 0.495 e. The van der Waals surface area contributed by atoms with Gasteiger partial charge in [-0.15, -0.1) is 0 Å². The first-order chi connectivity index (χ1) is 12.2. The molecule has 138 valence electrons. The monoisotopic (exact) mass is 352 g/mol. The van der Waals surface area contributed by atoms with Gasteiger partial charge in [0.15, 0.2) is 0 Å². The van der Waals surface area contributed by atoms with Crippen molar-refractivity contribution in [2.24, 2.45) is 0 Å². The lowest BCUT2D eigenvalue weighted by Crippen LogP contribution is -2.41. The summed E-state index contributed by atoms with van der Waals surface area (Å²) in [5.74, 6) is 0.909. The van der Waals surface area contributed by atoms with Crippen LogP contribution in [0.25, 0.3) is 0 Å². The van der Waals surface area contributed by atoms with Crippen molar-refractivity contribution in [2.45, 2.75) is 65.8 Å². The molecule has 0 atom stereocenters. The average molecular weight is 352 g/mol. The minimum absolute atomic E-state index is 0.351. The van der Waals surface area contributed by atoms with E-state index in [1.807, 2.05) is 18.2 Å². The number of hydrogen-bond donors (Lipinski definition) is 0. The van der Waals surface area contributed by atoms with E-state index < -0.39 is 0 Å². The first kappa shape index (κ1) is 19.0. The molecular formula is C22H29BO3. The molecule has 1 heterocycles. The summed E-state index contributed by atoms with van der Waals surface area (Å²) in [5.41, 5.74) is 3.90. The second kappa shape index (κ2) is 7.09. The van der Waals surface area contributed by atoms with Crippen LogP contribution in [0.3, 0.4) is 0 Å². The number of ether oxygens (including phenoxy) is 1. The molecule has 2 aromatic rings. The van der Waals surface area contributed by atoms with Gasteiger partial charge >= 0.3 is 7.12 Å². The Labute approximate surface area is 157 Å². The van der Waals surface area contributed by atoms with Gasteiger partial charge in [0.1, 0.15) is 12.4 Å². The van der Waals surface area contributed by atoms with Gasteiger partial charge in [-0.05, 0) is 63.7 Å². The molecule has 1 saturated heterocycles. The van der Waals surface area contributed by atoms with Crippen LogP contribution in [0.4, 0.5) is 0 Å². The molecule has 3 nitrogen and oxygen atoms in total. The van der Waals surface area contributed by atoms with Crippen LogP contribution in [0.15, 0.2) is 42.5 Å². The molecule has 1 aliphatic rings. The topological polar surface area (TPSA) is 27.7 Å². The van der Waals surface area contributed by atoms with E-state index in [1.165, 1.54) is 11.1 Å². The zero-order valence-corrected chi connectivity index (χ0v) is 16.8. The quantitative estimate of drug-likeness (QED) is 0.745. The van der Waals surface area contributed by atoms with Crippen LogP contribution < -0.4 is 10.2 Å². The van der Waals surface area contributed by atoms with Crippen molar-refractivity contribution in [1.29, 1.82) is 0 Å². The van der Waals surface area contributed by atoms with Crippen molar-refractivity contribution >= 4 is 12.6 Å². The molecule has 0 bridgehead atoms. The van der Waals surface area contributed by atoms with Gasteiger partial charge in [-0.2, -0.15) is 0 Å². The molecule has 0 amide bonds. The van der Waals surface area contributed by atoms with Gasteiger partial charge in [0.25, 0.3) is 0 Å². The van der Waals surface area contributed by atoms with Gasteiger partial charge in [0, 0.05) is 0 Å². The Kier molecular flexibility index (Phi) is 5.18. The van der Waals surface area contributed by atoms with E-state index in [1.54, 1.807) is 0 Å². The third-order valence-corrected chi connectivity index (χ3v) is 5.61. The summed E-state index contributed by atoms with van der Waals surface area (Å²) in [6.07, 6.45) is 0.866. The standard InChI is InChI=1S/C22H29BO3/c1-7-18-19(24-15-17-11-9-8-10-12-17)14-13-16(2)20(18)23-25-21(3,4)22(5,6)26-23/h8-14H,7,15H2,1-6H3. The molecule has 0 saturated carbocycles. The van der Waals surface area contributed by atoms with E-state index in [0.717, 1.165) is 23.2 Å². The van der Waals surface area contributed by atoms with Crippen molar-refractivity contribution in [1.82, 2.24) is 0 Å². The highest BCUT2D eigenvalue weighted by Crippen LogP contribution is 2.37. The molecule has 1 aliphatic heterocycles. The van der Waals surface area contributed by atoms with Gasteiger partial charge in [0.2, 0.25) is 0 Å². The fraction of sp³-hybridized carbons (Fsp3) is 0.455. The summed E-state index contributed by atoms with van der Waals surface area (Å²) in [6.45, 7) is 13.2. The predicted octanol–water partition coefficient (Wildman–Crippen LogP) is 4.44. The zero-order chi connectivity index (χ0) is 18.9. The molecule has 26 heavy (non-hydrogen) atoms. The zero-order valence-electron chi connectivity index (χ0n) is 16.8. The lowest BCUT2D eigenvalue weighted by Gasteiger charge is -2.32. The van der Waals surface area contributed by atoms with Crippen LogP contribution in [0.2, 0.25) is 0 Å². The molecule has 0 N–H and O–H groups in total. The van der Waals surface area contributed by atoms with Crippen LogP contribution in [-0.4, -0.2) is 18.3 Å². The van der Waals surface area contributed by atoms with Crippen LogP contribution in [0.5, 0.6) is 5.75 Å². The smallest absolute Gasteiger partial charge is 0.489 e. The molecular weight excluding hydrogens is 323 g/mol. The maximum absolute atomic E-state index is 6.31. The van der Waals surface area contributed by atoms with Crippen molar-refractivity contribution in [2.75, 3.05) is 0 Å². The summed E-state index contributed by atoms with van der Waals surface area (Å²) in [4.78, 5) is 0. The molecule has 0 radical (unpaired) electrons. The van der Waals surface area contributed by atoms with Gasteiger partial charge < -0.3 is 14.0 Å². The molecule has 0 aromatic heterocycles. The normalized spacial score (nSPS) is 18.2. The first-order valence-electron chi connectivity index (χ1n) is 9.40. The number of rotatable bonds is 5. The second-order valence-electron chi connectivity index (χ2n) is 7.99. The fourth-order valence-electron chi connectivity index (χ4n) is 3.29. The highest BCUT2D eigenvalue weighted by atomic mass is 16.7. The lowest BCUT2D eigenvalue weighted by atomic mass is 9.72. The third-order valence-electron chi connectivity index (χ3n) is 5.61. The summed E-state index contributed by atoms with van der Waals surface area (Å²) >= 11 is 0. The van der Waals surface area contributed by atoms with Crippen molar-refractivity contribution < 1.29 is 14.0 Å². The van der Waals surface area contributed by atoms with E-state index in [4.69, 9.17) is 14.0 Å². The second-order valence-corrected chi connectivity index (χ2v) is 7.99. The van der Waals surface area contributed by atoms with E-state index >= 15 is 0 Å². The lowest BCUT2D eigenvalue weighted by molar-refractivity contribution is 0.00578. The Morgan fingerprint density at radius 3 is 2.12 bits per heavy atom. The fourth-order valence-corrected chi connectivity index (χ4v) is 3.29. The number of hydrogen-bond acceptors (Lipinski definition) is 3. The first-order valence-corrected chi connectivity index (χ1v) is 9.40. The van der Waals surface area contributed by atoms with Gasteiger partial charge in [0.05, 0.1) is 11.2 Å². The third kappa shape index (κ3) is 3.53. The van der Waals surface area contributed by atoms with E-state index in [-0.39, 0.29) is 18.3 Å². The molecule has 0 aliphatic carbocycles. The Bertz CT molecular complexity index is 752. The Balaban J connectivity index is 1.91. The molecule has 4 heteroatoms. The van der Waals surface area contributed by atoms with Crippen molar-refractivity contribution in [3.63, 3.8) is 0 Å². The summed E-state index contributed by atoms with van der Waals surface area (Å²) < 4.78 is 18.8. The van der Waals surface area contributed by atoms with Gasteiger partial charge in [-0.25, -0.2) is 0 Å². The van der Waals surface area contributed by atoms with E-state index in [9.17, 15) is 0 Å². The highest BCUT2D eigenvalue weighted by molar-refractivity contribution is 6.63. The molecule has 3 rings (SSSR count). The molecule has 1 fully saturated rings. The van der Waals surface area contributed by atoms with Crippen LogP contribution in [0, 0.1) is 6.92 Å². The number of aryl methyl sites for hydroxylation is 1. The SMILES string of the molecule is CCc1c(OCc2ccccc2)ccc(C)c1B1OC(C)(C)C(C)(C)O1. The van der Waals surface area contributed by atoms with Crippen LogP contribution >= 0.6 is 0 Å². The minimum atomic E-state index is -0.366. The van der Waals surface area contributed by atoms with Gasteiger partial charge in [-0.3, -0.25) is 0 Å². The summed E-state index contributed by atoms with van der Waals surface area (Å²) in [6, 6.07) is 14.4. The maximum atomic E-state index is 6.31. The van der Waals surface area contributed by atoms with Crippen LogP contribution in [-0.2, 0) is 22.3 Å². The Morgan fingerprint density at radius 2 is 1.54 bits per heavy atom. The van der Waals surface area contributed by atoms with Gasteiger partial charge in [-0.1, -0.05) is 48.9 Å². The molecule has 0 spiro atoms. The summed E-state index contributed by atoms with van der Waals surface area (Å²) in [7, 11) is -0.366. The predicted molar refractivity (Wildman–Crippen MR) is 107 cm³/mol. The average Bonchev–Trinajstić information content (AvgIpc) is 2.81. The largest absolute Gasteiger partial charge is 0.495 e. The van der Waals surface area contributed by atoms with Crippen LogP contribution in [0.1, 0.15) is 51.3 Å². The molecule has 0 unspecified atom stereocenters. The van der Waals surface area contributed by atoms with Crippen molar-refractivity contribution in [3.05, 3.63) is 59.2 Å². The Hall–Kier alpha value is -1.78. The minimum Gasteiger partial charge on any atom is -0.489 e. The van der Waals surface area contributed by atoms with E-state index in [0.29, 0.717) is 6.61 Å². The molecule has 2 aromatic carbocycles. The Morgan fingerprint density at radius 1 is 0.923 bits per heavy atom. The highest BCUT2D eigenvalue weighted by Gasteiger charge is 2.52. The van der Waals surface area contributed by atoms with E-state index in [2.05, 4.69) is 65.8 Å².